The maximum absolute atomic E-state index is 13.4. The van der Waals surface area contributed by atoms with E-state index in [-0.39, 0.29) is 5.70 Å². The van der Waals surface area contributed by atoms with E-state index in [9.17, 15) is 9.59 Å². The standard InChI is InChI=1S/C25H22ClN3O3/c1-28(2)19-10-8-18(9-11-19)27-23-22(16-4-6-17(26)7-5-16)24(30)29(25(23)31)20-12-14-21(32-3)15-13-20/h4-15,27H,1-3H3. The second-order valence-electron chi connectivity index (χ2n) is 7.47. The molecular formula is C25H22ClN3O3. The largest absolute Gasteiger partial charge is 0.497 e. The summed E-state index contributed by atoms with van der Waals surface area (Å²) in [6.07, 6.45) is 0. The van der Waals surface area contributed by atoms with Crippen molar-refractivity contribution in [1.82, 2.24) is 0 Å². The van der Waals surface area contributed by atoms with Gasteiger partial charge in [0.15, 0.2) is 0 Å². The van der Waals surface area contributed by atoms with E-state index < -0.39 is 11.8 Å². The number of carbonyl (C=O) groups is 2. The summed E-state index contributed by atoms with van der Waals surface area (Å²) >= 11 is 6.03. The summed E-state index contributed by atoms with van der Waals surface area (Å²) in [6, 6.07) is 21.3. The minimum Gasteiger partial charge on any atom is -0.497 e. The van der Waals surface area contributed by atoms with Crippen LogP contribution >= 0.6 is 11.6 Å². The number of methoxy groups -OCH3 is 1. The number of anilines is 3. The van der Waals surface area contributed by atoms with Crippen molar-refractivity contribution in [3.05, 3.63) is 89.1 Å². The molecule has 0 saturated heterocycles. The Hall–Kier alpha value is -3.77. The highest BCUT2D eigenvalue weighted by Gasteiger charge is 2.40. The topological polar surface area (TPSA) is 61.9 Å². The van der Waals surface area contributed by atoms with Crippen molar-refractivity contribution < 1.29 is 14.3 Å². The molecule has 0 aromatic heterocycles. The van der Waals surface area contributed by atoms with Gasteiger partial charge in [-0.3, -0.25) is 9.59 Å². The summed E-state index contributed by atoms with van der Waals surface area (Å²) in [5, 5.41) is 3.71. The smallest absolute Gasteiger partial charge is 0.282 e. The molecule has 162 valence electrons. The number of carbonyl (C=O) groups excluding carboxylic acids is 2. The average molecular weight is 448 g/mol. The first kappa shape index (κ1) is 21.5. The molecule has 32 heavy (non-hydrogen) atoms. The number of halogens is 1. The Morgan fingerprint density at radius 1 is 0.844 bits per heavy atom. The highest BCUT2D eigenvalue weighted by Crippen LogP contribution is 2.35. The van der Waals surface area contributed by atoms with Crippen LogP contribution < -0.4 is 19.9 Å². The number of hydrogen-bond donors (Lipinski definition) is 1. The summed E-state index contributed by atoms with van der Waals surface area (Å²) in [5.41, 5.74) is 3.30. The average Bonchev–Trinajstić information content (AvgIpc) is 3.04. The van der Waals surface area contributed by atoms with Crippen molar-refractivity contribution in [2.24, 2.45) is 0 Å². The van der Waals surface area contributed by atoms with Crippen LogP contribution in [0.25, 0.3) is 5.57 Å². The number of benzene rings is 3. The minimum absolute atomic E-state index is 0.214. The van der Waals surface area contributed by atoms with Crippen LogP contribution in [0.2, 0.25) is 5.02 Å². The maximum Gasteiger partial charge on any atom is 0.282 e. The molecule has 3 aromatic rings. The molecule has 1 N–H and O–H groups in total. The van der Waals surface area contributed by atoms with Gasteiger partial charge < -0.3 is 15.0 Å². The first-order valence-electron chi connectivity index (χ1n) is 9.96. The maximum atomic E-state index is 13.4. The van der Waals surface area contributed by atoms with Crippen molar-refractivity contribution in [2.75, 3.05) is 36.3 Å². The first-order valence-corrected chi connectivity index (χ1v) is 10.3. The molecule has 0 radical (unpaired) electrons. The molecule has 0 unspecified atom stereocenters. The molecule has 7 heteroatoms. The van der Waals surface area contributed by atoms with Gasteiger partial charge in [0.1, 0.15) is 11.4 Å². The van der Waals surface area contributed by atoms with Gasteiger partial charge in [-0.2, -0.15) is 0 Å². The molecule has 1 heterocycles. The molecule has 0 saturated carbocycles. The lowest BCUT2D eigenvalue weighted by Gasteiger charge is -2.16. The van der Waals surface area contributed by atoms with E-state index in [1.54, 1.807) is 55.6 Å². The third-order valence-electron chi connectivity index (χ3n) is 5.20. The number of ether oxygens (including phenoxy) is 1. The van der Waals surface area contributed by atoms with Gasteiger partial charge >= 0.3 is 0 Å². The third kappa shape index (κ3) is 4.05. The zero-order chi connectivity index (χ0) is 22.8. The van der Waals surface area contributed by atoms with Gasteiger partial charge in [-0.15, -0.1) is 0 Å². The Morgan fingerprint density at radius 3 is 2.03 bits per heavy atom. The fourth-order valence-corrected chi connectivity index (χ4v) is 3.61. The normalized spacial score (nSPS) is 13.6. The lowest BCUT2D eigenvalue weighted by molar-refractivity contribution is -0.120. The Morgan fingerprint density at radius 2 is 1.47 bits per heavy atom. The Labute approximate surface area is 191 Å². The van der Waals surface area contributed by atoms with E-state index in [1.807, 2.05) is 43.3 Å². The molecule has 0 fully saturated rings. The van der Waals surface area contributed by atoms with Crippen LogP contribution in [0.5, 0.6) is 5.75 Å². The lowest BCUT2D eigenvalue weighted by atomic mass is 10.0. The summed E-state index contributed by atoms with van der Waals surface area (Å²) in [4.78, 5) is 30.0. The molecule has 6 nitrogen and oxygen atoms in total. The van der Waals surface area contributed by atoms with E-state index in [0.717, 1.165) is 5.69 Å². The van der Waals surface area contributed by atoms with Gasteiger partial charge in [-0.05, 0) is 66.2 Å². The van der Waals surface area contributed by atoms with E-state index in [4.69, 9.17) is 16.3 Å². The quantitative estimate of drug-likeness (QED) is 0.549. The third-order valence-corrected chi connectivity index (χ3v) is 5.45. The van der Waals surface area contributed by atoms with Crippen molar-refractivity contribution in [3.8, 4) is 5.75 Å². The predicted molar refractivity (Wildman–Crippen MR) is 128 cm³/mol. The van der Waals surface area contributed by atoms with Crippen LogP contribution in [-0.2, 0) is 9.59 Å². The predicted octanol–water partition coefficient (Wildman–Crippen LogP) is 4.81. The number of hydrogen-bond acceptors (Lipinski definition) is 5. The van der Waals surface area contributed by atoms with Crippen molar-refractivity contribution >= 4 is 46.1 Å². The molecule has 2 amide bonds. The van der Waals surface area contributed by atoms with Gasteiger partial charge in [0.25, 0.3) is 11.8 Å². The molecule has 3 aromatic carbocycles. The van der Waals surface area contributed by atoms with Gasteiger partial charge in [0.05, 0.1) is 18.4 Å². The second-order valence-corrected chi connectivity index (χ2v) is 7.90. The van der Waals surface area contributed by atoms with Gasteiger partial charge in [0.2, 0.25) is 0 Å². The van der Waals surface area contributed by atoms with Crippen LogP contribution in [0.3, 0.4) is 0 Å². The summed E-state index contributed by atoms with van der Waals surface area (Å²) in [5.74, 6) is -0.199. The van der Waals surface area contributed by atoms with Gasteiger partial charge in [0, 0.05) is 30.5 Å². The van der Waals surface area contributed by atoms with Crippen molar-refractivity contribution in [2.45, 2.75) is 0 Å². The molecule has 4 rings (SSSR count). The Bertz CT molecular complexity index is 1180. The molecule has 1 aliphatic heterocycles. The first-order chi connectivity index (χ1) is 15.4. The SMILES string of the molecule is COc1ccc(N2C(=O)C(Nc3ccc(N(C)C)cc3)=C(c3ccc(Cl)cc3)C2=O)cc1. The number of nitrogens with one attached hydrogen (secondary N) is 1. The molecule has 0 aliphatic carbocycles. The summed E-state index contributed by atoms with van der Waals surface area (Å²) < 4.78 is 5.19. The molecule has 0 bridgehead atoms. The van der Waals surface area contributed by atoms with Crippen molar-refractivity contribution in [3.63, 3.8) is 0 Å². The zero-order valence-electron chi connectivity index (χ0n) is 17.9. The molecular weight excluding hydrogens is 426 g/mol. The molecule has 0 spiro atoms. The number of amides is 2. The highest BCUT2D eigenvalue weighted by atomic mass is 35.5. The van der Waals surface area contributed by atoms with E-state index in [2.05, 4.69) is 5.32 Å². The van der Waals surface area contributed by atoms with E-state index in [1.165, 1.54) is 4.90 Å². The summed E-state index contributed by atoms with van der Waals surface area (Å²) in [7, 11) is 5.47. The van der Waals surface area contributed by atoms with Gasteiger partial charge in [-0.25, -0.2) is 4.90 Å². The van der Waals surface area contributed by atoms with Crippen LogP contribution in [0.4, 0.5) is 17.1 Å². The lowest BCUT2D eigenvalue weighted by Crippen LogP contribution is -2.32. The monoisotopic (exact) mass is 447 g/mol. The Kier molecular flexibility index (Phi) is 5.88. The Balaban J connectivity index is 1.76. The molecule has 1 aliphatic rings. The fourth-order valence-electron chi connectivity index (χ4n) is 3.48. The number of rotatable bonds is 6. The van der Waals surface area contributed by atoms with Gasteiger partial charge in [-0.1, -0.05) is 23.7 Å². The van der Waals surface area contributed by atoms with E-state index >= 15 is 0 Å². The second kappa shape index (κ2) is 8.77. The fraction of sp³-hybridized carbons (Fsp3) is 0.120. The molecule has 0 atom stereocenters. The summed E-state index contributed by atoms with van der Waals surface area (Å²) in [6.45, 7) is 0. The van der Waals surface area contributed by atoms with Crippen LogP contribution in [-0.4, -0.2) is 33.0 Å². The minimum atomic E-state index is -0.429. The van der Waals surface area contributed by atoms with E-state index in [0.29, 0.717) is 33.3 Å². The van der Waals surface area contributed by atoms with Crippen LogP contribution in [0.1, 0.15) is 5.56 Å². The van der Waals surface area contributed by atoms with Crippen LogP contribution in [0, 0.1) is 0 Å². The number of nitrogens with zero attached hydrogens (tertiary/aromatic N) is 2. The number of imide groups is 1. The van der Waals surface area contributed by atoms with Crippen molar-refractivity contribution in [1.29, 1.82) is 0 Å². The zero-order valence-corrected chi connectivity index (χ0v) is 18.7. The highest BCUT2D eigenvalue weighted by molar-refractivity contribution is 6.46. The van der Waals surface area contributed by atoms with Crippen LogP contribution in [0.15, 0.2) is 78.5 Å².